The zero-order chi connectivity index (χ0) is 15.1. The third kappa shape index (κ3) is 3.30. The van der Waals surface area contributed by atoms with Crippen LogP contribution in [0.25, 0.3) is 10.7 Å². The van der Waals surface area contributed by atoms with Crippen LogP contribution in [-0.2, 0) is 16.6 Å². The van der Waals surface area contributed by atoms with Crippen molar-refractivity contribution in [3.8, 4) is 10.7 Å². The third-order valence-corrected chi connectivity index (χ3v) is 6.45. The van der Waals surface area contributed by atoms with Crippen molar-refractivity contribution in [3.05, 3.63) is 14.3 Å². The molecule has 0 unspecified atom stereocenters. The molecule has 0 saturated carbocycles. The van der Waals surface area contributed by atoms with Crippen LogP contribution in [0.15, 0.2) is 19.5 Å². The summed E-state index contributed by atoms with van der Waals surface area (Å²) in [4.78, 5) is 0.812. The molecular weight excluding hydrogens is 432 g/mol. The Kier molecular flexibility index (Phi) is 4.69. The lowest BCUT2D eigenvalue weighted by atomic mass is 10.2. The first-order chi connectivity index (χ1) is 9.20. The van der Waals surface area contributed by atoms with Crippen LogP contribution in [0.3, 0.4) is 0 Å². The fraction of sp³-hybridized carbons (Fsp3) is 0.400. The minimum absolute atomic E-state index is 0.207. The molecule has 0 fully saturated rings. The van der Waals surface area contributed by atoms with Crippen LogP contribution in [0.2, 0.25) is 0 Å². The van der Waals surface area contributed by atoms with Crippen molar-refractivity contribution in [1.82, 2.24) is 14.8 Å². The molecule has 0 bridgehead atoms. The van der Waals surface area contributed by atoms with Gasteiger partial charge in [0, 0.05) is 11.0 Å². The minimum Gasteiger partial charge on any atom is -0.296 e. The average molecular weight is 444 g/mol. The van der Waals surface area contributed by atoms with Crippen molar-refractivity contribution in [3.63, 3.8) is 0 Å². The Morgan fingerprint density at radius 3 is 2.50 bits per heavy atom. The fourth-order valence-corrected chi connectivity index (χ4v) is 4.32. The van der Waals surface area contributed by atoms with E-state index in [1.54, 1.807) is 4.57 Å². The molecule has 0 spiro atoms. The molecule has 2 aromatic rings. The topological polar surface area (TPSA) is 90.9 Å². The first-order valence-electron chi connectivity index (χ1n) is 5.61. The molecule has 2 heterocycles. The molecule has 20 heavy (non-hydrogen) atoms. The van der Waals surface area contributed by atoms with Gasteiger partial charge in [0.15, 0.2) is 5.82 Å². The van der Waals surface area contributed by atoms with E-state index in [1.807, 2.05) is 19.9 Å². The van der Waals surface area contributed by atoms with E-state index in [0.717, 1.165) is 13.1 Å². The van der Waals surface area contributed by atoms with Crippen LogP contribution in [0, 0.1) is 5.92 Å². The molecule has 2 rings (SSSR count). The van der Waals surface area contributed by atoms with Crippen LogP contribution >= 0.6 is 43.2 Å². The Hall–Kier alpha value is -0.290. The van der Waals surface area contributed by atoms with Gasteiger partial charge in [-0.25, -0.2) is 13.6 Å². The highest BCUT2D eigenvalue weighted by Gasteiger charge is 2.23. The molecule has 0 aliphatic heterocycles. The number of aromatic nitrogens is 3. The van der Waals surface area contributed by atoms with Crippen molar-refractivity contribution < 1.29 is 8.42 Å². The van der Waals surface area contributed by atoms with Crippen LogP contribution in [0.5, 0.6) is 0 Å². The number of thiophene rings is 1. The van der Waals surface area contributed by atoms with E-state index in [9.17, 15) is 8.42 Å². The Morgan fingerprint density at radius 2 is 2.05 bits per heavy atom. The van der Waals surface area contributed by atoms with Gasteiger partial charge in [-0.2, -0.15) is 0 Å². The predicted octanol–water partition coefficient (Wildman–Crippen LogP) is 2.83. The summed E-state index contributed by atoms with van der Waals surface area (Å²) >= 11 is 8.25. The molecule has 0 saturated heterocycles. The van der Waals surface area contributed by atoms with E-state index in [2.05, 4.69) is 42.1 Å². The Bertz CT molecular complexity index is 717. The first kappa shape index (κ1) is 16.1. The number of primary sulfonamides is 1. The van der Waals surface area contributed by atoms with Crippen LogP contribution < -0.4 is 5.14 Å². The molecule has 6 nitrogen and oxygen atoms in total. The summed E-state index contributed by atoms with van der Waals surface area (Å²) in [6.45, 7) is 4.44. The maximum atomic E-state index is 11.6. The van der Waals surface area contributed by atoms with Gasteiger partial charge in [-0.3, -0.25) is 4.57 Å². The van der Waals surface area contributed by atoms with Crippen molar-refractivity contribution in [1.29, 1.82) is 0 Å². The molecule has 110 valence electrons. The molecule has 10 heteroatoms. The lowest BCUT2D eigenvalue weighted by Crippen LogP contribution is -2.20. The Balaban J connectivity index is 2.62. The molecular formula is C10H12Br2N4O2S2. The number of sulfonamides is 1. The number of hydrogen-bond acceptors (Lipinski definition) is 5. The van der Waals surface area contributed by atoms with E-state index in [0.29, 0.717) is 12.4 Å². The van der Waals surface area contributed by atoms with Gasteiger partial charge in [-0.05, 0) is 43.8 Å². The lowest BCUT2D eigenvalue weighted by molar-refractivity contribution is 0.486. The molecule has 0 amide bonds. The van der Waals surface area contributed by atoms with Gasteiger partial charge in [0.25, 0.3) is 15.2 Å². The third-order valence-electron chi connectivity index (χ3n) is 2.38. The van der Waals surface area contributed by atoms with Gasteiger partial charge in [-0.1, -0.05) is 13.8 Å². The summed E-state index contributed by atoms with van der Waals surface area (Å²) in [5.74, 6) is 0.733. The predicted molar refractivity (Wildman–Crippen MR) is 84.9 cm³/mol. The van der Waals surface area contributed by atoms with Gasteiger partial charge in [0.2, 0.25) is 0 Å². The number of nitrogens with two attached hydrogens (primary N) is 1. The number of halogens is 2. The van der Waals surface area contributed by atoms with Crippen LogP contribution in [0.1, 0.15) is 13.8 Å². The summed E-state index contributed by atoms with van der Waals surface area (Å²) in [5.41, 5.74) is 0. The van der Waals surface area contributed by atoms with Gasteiger partial charge < -0.3 is 0 Å². The van der Waals surface area contributed by atoms with Crippen molar-refractivity contribution in [2.45, 2.75) is 25.5 Å². The maximum Gasteiger partial charge on any atom is 0.273 e. The second-order valence-corrected chi connectivity index (χ2v) is 9.27. The molecule has 0 radical (unpaired) electrons. The van der Waals surface area contributed by atoms with Crippen LogP contribution in [0.4, 0.5) is 0 Å². The summed E-state index contributed by atoms with van der Waals surface area (Å²) in [7, 11) is -3.90. The number of nitrogens with zero attached hydrogens (tertiary/aromatic N) is 3. The van der Waals surface area contributed by atoms with Gasteiger partial charge in [-0.15, -0.1) is 21.5 Å². The highest BCUT2D eigenvalue weighted by molar-refractivity contribution is 9.13. The molecule has 2 N–H and O–H groups in total. The van der Waals surface area contributed by atoms with Crippen molar-refractivity contribution >= 4 is 53.2 Å². The molecule has 0 atom stereocenters. The second kappa shape index (κ2) is 5.84. The number of hydrogen-bond donors (Lipinski definition) is 1. The summed E-state index contributed by atoms with van der Waals surface area (Å²) in [5, 5.41) is 12.7. The second-order valence-electron chi connectivity index (χ2n) is 4.59. The highest BCUT2D eigenvalue weighted by atomic mass is 79.9. The average Bonchev–Trinajstić information content (AvgIpc) is 2.82. The molecule has 0 aliphatic carbocycles. The zero-order valence-corrected chi connectivity index (χ0v) is 15.5. The normalized spacial score (nSPS) is 12.3. The van der Waals surface area contributed by atoms with E-state index < -0.39 is 10.0 Å². The van der Waals surface area contributed by atoms with Gasteiger partial charge in [0.1, 0.15) is 0 Å². The van der Waals surface area contributed by atoms with E-state index in [-0.39, 0.29) is 11.1 Å². The molecule has 0 aromatic carbocycles. The smallest absolute Gasteiger partial charge is 0.273 e. The standard InChI is InChI=1S/C10H12Br2N4O2S2/c1-5(2)4-16-9(7-3-6(11)8(12)19-7)14-15-10(16)20(13,17)18/h3,5H,4H2,1-2H3,(H2,13,17,18). The van der Waals surface area contributed by atoms with E-state index in [4.69, 9.17) is 5.14 Å². The van der Waals surface area contributed by atoms with Gasteiger partial charge >= 0.3 is 0 Å². The van der Waals surface area contributed by atoms with Crippen LogP contribution in [-0.4, -0.2) is 23.2 Å². The zero-order valence-electron chi connectivity index (χ0n) is 10.7. The quantitative estimate of drug-likeness (QED) is 0.786. The molecule has 0 aliphatic rings. The SMILES string of the molecule is CC(C)Cn1c(-c2cc(Br)c(Br)s2)nnc1S(N)(=O)=O. The number of rotatable bonds is 4. The Morgan fingerprint density at radius 1 is 1.40 bits per heavy atom. The van der Waals surface area contributed by atoms with Crippen molar-refractivity contribution in [2.24, 2.45) is 11.1 Å². The summed E-state index contributed by atoms with van der Waals surface area (Å²) in [6.07, 6.45) is 0. The monoisotopic (exact) mass is 442 g/mol. The van der Waals surface area contributed by atoms with E-state index >= 15 is 0 Å². The highest BCUT2D eigenvalue weighted by Crippen LogP contribution is 2.38. The largest absolute Gasteiger partial charge is 0.296 e. The summed E-state index contributed by atoms with van der Waals surface area (Å²) < 4.78 is 26.5. The van der Waals surface area contributed by atoms with E-state index in [1.165, 1.54) is 11.3 Å². The van der Waals surface area contributed by atoms with Crippen molar-refractivity contribution in [2.75, 3.05) is 0 Å². The minimum atomic E-state index is -3.90. The first-order valence-corrected chi connectivity index (χ1v) is 9.56. The fourth-order valence-electron chi connectivity index (χ4n) is 1.67. The van der Waals surface area contributed by atoms with Gasteiger partial charge in [0.05, 0.1) is 8.66 Å². The Labute approximate surface area is 137 Å². The summed E-state index contributed by atoms with van der Waals surface area (Å²) in [6, 6.07) is 1.86. The lowest BCUT2D eigenvalue weighted by Gasteiger charge is -2.10. The maximum absolute atomic E-state index is 11.6. The molecule has 2 aromatic heterocycles.